The Morgan fingerprint density at radius 1 is 0.265 bits per heavy atom. The van der Waals surface area contributed by atoms with E-state index in [9.17, 15) is 0 Å². The van der Waals surface area contributed by atoms with E-state index in [-0.39, 0.29) is 0 Å². The lowest BCUT2D eigenvalue weighted by Crippen LogP contribution is -2.15. The van der Waals surface area contributed by atoms with E-state index >= 15 is 0 Å². The van der Waals surface area contributed by atoms with E-state index in [1.165, 1.54) is 22.3 Å². The summed E-state index contributed by atoms with van der Waals surface area (Å²) in [6, 6.07) is 82.8. The summed E-state index contributed by atoms with van der Waals surface area (Å²) in [6.45, 7) is 4.63. The van der Waals surface area contributed by atoms with Gasteiger partial charge in [0.2, 0.25) is 5.95 Å². The summed E-state index contributed by atoms with van der Waals surface area (Å²) in [5.41, 5.74) is 25.6. The topological polar surface area (TPSA) is 43.6 Å². The third-order valence-electron chi connectivity index (χ3n) is 19.0. The van der Waals surface area contributed by atoms with Crippen LogP contribution in [0.15, 0.2) is 243 Å². The van der Waals surface area contributed by atoms with E-state index in [1.54, 1.807) is 0 Å². The molecular weight excluding hydrogens is 1190 g/mol. The Hall–Kier alpha value is -14.1. The van der Waals surface area contributed by atoms with Crippen LogP contribution in [0.5, 0.6) is 0 Å². The molecule has 2 aromatic heterocycles. The molecule has 0 fully saturated rings. The third-order valence-corrected chi connectivity index (χ3v) is 19.0. The molecule has 1 aliphatic carbocycles. The molecule has 15 rings (SSSR count). The van der Waals surface area contributed by atoms with Crippen molar-refractivity contribution in [3.8, 4) is 216 Å². The van der Waals surface area contributed by atoms with Crippen molar-refractivity contribution in [2.75, 3.05) is 0 Å². The zero-order valence-electron chi connectivity index (χ0n) is 53.5. The molecule has 0 amide bonds. The van der Waals surface area contributed by atoms with Gasteiger partial charge in [-0.15, -0.1) is 51.4 Å². The second-order valence-electron chi connectivity index (χ2n) is 24.6. The summed E-state index contributed by atoms with van der Waals surface area (Å²) in [7, 11) is 0. The van der Waals surface area contributed by atoms with E-state index in [1.807, 2.05) is 115 Å². The first kappa shape index (κ1) is 60.2. The summed E-state index contributed by atoms with van der Waals surface area (Å²) in [6.07, 6.45) is 48.9. The predicted molar refractivity (Wildman–Crippen MR) is 404 cm³/mol. The van der Waals surface area contributed by atoms with Crippen LogP contribution < -0.4 is 0 Å². The molecule has 450 valence electrons. The zero-order valence-corrected chi connectivity index (χ0v) is 53.5. The Morgan fingerprint density at radius 3 is 1.14 bits per heavy atom. The van der Waals surface area contributed by atoms with Gasteiger partial charge in [-0.25, -0.2) is 4.98 Å². The maximum absolute atomic E-state index is 6.26. The van der Waals surface area contributed by atoms with Crippen LogP contribution >= 0.6 is 0 Å². The fourth-order valence-electron chi connectivity index (χ4n) is 14.2. The van der Waals surface area contributed by atoms with E-state index in [4.69, 9.17) is 66.3 Å². The molecule has 0 aliphatic heterocycles. The van der Waals surface area contributed by atoms with E-state index in [0.717, 1.165) is 111 Å². The lowest BCUT2D eigenvalue weighted by atomic mass is 9.81. The Bertz CT molecular complexity index is 6120. The standard InChI is InChI=1S/C94H54N4/c1-11-59-32-26-41-75(71(59)15-5)79-49-46-67(54-83(79)77-43-28-34-61(13-3)73(77)17-7)64-36-24-37-65(52-64)69-48-51-81-85-57-86-82-40-22-23-45-89(82)98(90(86)58-88(85)94(9,10)87(81)56-69)93-96-91(63-30-20-19-21-31-63)95-92(97-93)70-39-25-38-66(53-70)68-47-50-80(76-42-27-33-60(12-2)72(76)16-6)84(55-68)78-44-29-35-62(14-4)74(78)18-8/h1-8,19-58H,9-10H3. The van der Waals surface area contributed by atoms with Gasteiger partial charge >= 0.3 is 0 Å². The average Bonchev–Trinajstić information content (AvgIpc) is 1.54. The van der Waals surface area contributed by atoms with Gasteiger partial charge in [-0.3, -0.25) is 4.57 Å². The lowest BCUT2D eigenvalue weighted by Gasteiger charge is -2.22. The largest absolute Gasteiger partial charge is 0.278 e. The van der Waals surface area contributed by atoms with Gasteiger partial charge in [0.05, 0.1) is 11.0 Å². The molecule has 0 spiro atoms. The Labute approximate surface area is 571 Å². The summed E-state index contributed by atoms with van der Waals surface area (Å²) in [4.78, 5) is 16.1. The molecule has 14 aromatic rings. The van der Waals surface area contributed by atoms with Crippen LogP contribution in [0.2, 0.25) is 0 Å². The molecule has 2 heterocycles. The minimum absolute atomic E-state index is 0.423. The van der Waals surface area contributed by atoms with Gasteiger partial charge in [0, 0.05) is 71.8 Å². The van der Waals surface area contributed by atoms with Gasteiger partial charge in [0.1, 0.15) is 0 Å². The van der Waals surface area contributed by atoms with Gasteiger partial charge in [-0.05, 0) is 173 Å². The van der Waals surface area contributed by atoms with Crippen LogP contribution in [0.4, 0.5) is 0 Å². The summed E-state index contributed by atoms with van der Waals surface area (Å²) < 4.78 is 2.19. The predicted octanol–water partition coefficient (Wildman–Crippen LogP) is 20.1. The van der Waals surface area contributed by atoms with E-state index in [2.05, 4.69) is 193 Å². The molecule has 0 saturated carbocycles. The second-order valence-corrected chi connectivity index (χ2v) is 24.6. The summed E-state index contributed by atoms with van der Waals surface area (Å²) >= 11 is 0. The molecule has 0 radical (unpaired) electrons. The molecule has 0 unspecified atom stereocenters. The van der Waals surface area contributed by atoms with Gasteiger partial charge < -0.3 is 0 Å². The number of benzene rings is 12. The lowest BCUT2D eigenvalue weighted by molar-refractivity contribution is 0.661. The van der Waals surface area contributed by atoms with Crippen LogP contribution in [0, 0.1) is 98.8 Å². The van der Waals surface area contributed by atoms with Gasteiger partial charge in [-0.2, -0.15) is 9.97 Å². The van der Waals surface area contributed by atoms with Crippen molar-refractivity contribution >= 4 is 21.8 Å². The number of hydrogen-bond acceptors (Lipinski definition) is 3. The molecule has 1 aliphatic rings. The number of rotatable bonds is 10. The second kappa shape index (κ2) is 24.4. The Kier molecular flexibility index (Phi) is 15.0. The van der Waals surface area contributed by atoms with Gasteiger partial charge in [0.15, 0.2) is 11.6 Å². The van der Waals surface area contributed by atoms with Gasteiger partial charge in [0.25, 0.3) is 0 Å². The highest BCUT2D eigenvalue weighted by molar-refractivity contribution is 6.12. The molecule has 0 bridgehead atoms. The smallest absolute Gasteiger partial charge is 0.238 e. The third kappa shape index (κ3) is 9.98. The van der Waals surface area contributed by atoms with Crippen molar-refractivity contribution in [2.24, 2.45) is 0 Å². The van der Waals surface area contributed by atoms with Crippen LogP contribution in [-0.4, -0.2) is 19.5 Å². The van der Waals surface area contributed by atoms with Crippen molar-refractivity contribution in [1.29, 1.82) is 0 Å². The summed E-state index contributed by atoms with van der Waals surface area (Å²) in [5, 5.41) is 2.15. The number of fused-ring (bicyclic) bond motifs is 6. The van der Waals surface area contributed by atoms with Crippen molar-refractivity contribution in [2.45, 2.75) is 19.3 Å². The molecule has 0 N–H and O–H groups in total. The number of hydrogen-bond donors (Lipinski definition) is 0. The maximum atomic E-state index is 6.26. The van der Waals surface area contributed by atoms with Crippen LogP contribution in [0.1, 0.15) is 69.5 Å². The molecule has 12 aromatic carbocycles. The SMILES string of the molecule is C#Cc1cccc(-c2ccc(-c3cccc(-c4ccc5c(c4)C(C)(C)c4cc6c(cc4-5)c4ccccc4n6-c4nc(-c5ccccc5)nc(-c5cccc(-c6ccc(-c7cccc(C#C)c7C#C)c(-c7cccc(C#C)c7C#C)c6)c5)n4)c3)cc2-c2cccc(C#C)c2C#C)c1C#C. The van der Waals surface area contributed by atoms with Crippen LogP contribution in [-0.2, 0) is 5.41 Å². The highest BCUT2D eigenvalue weighted by atomic mass is 15.2. The van der Waals surface area contributed by atoms with E-state index in [0.29, 0.717) is 62.1 Å². The average molecular weight is 1240 g/mol. The number of terminal acetylenes is 8. The van der Waals surface area contributed by atoms with Crippen molar-refractivity contribution in [1.82, 2.24) is 19.5 Å². The molecular formula is C94H54N4. The number of aromatic nitrogens is 4. The molecule has 0 saturated heterocycles. The Balaban J connectivity index is 0.831. The van der Waals surface area contributed by atoms with Gasteiger partial charge in [-0.1, -0.05) is 231 Å². The molecule has 4 nitrogen and oxygen atoms in total. The van der Waals surface area contributed by atoms with Crippen molar-refractivity contribution < 1.29 is 0 Å². The Morgan fingerprint density at radius 2 is 0.653 bits per heavy atom. The summed E-state index contributed by atoms with van der Waals surface area (Å²) in [5.74, 6) is 24.2. The number of para-hydroxylation sites is 1. The molecule has 0 atom stereocenters. The fraction of sp³-hybridized carbons (Fsp3) is 0.0319. The minimum atomic E-state index is -0.423. The monoisotopic (exact) mass is 1240 g/mol. The van der Waals surface area contributed by atoms with Crippen LogP contribution in [0.3, 0.4) is 0 Å². The zero-order chi connectivity index (χ0) is 67.3. The quantitative estimate of drug-likeness (QED) is 0.128. The first-order valence-electron chi connectivity index (χ1n) is 31.8. The van der Waals surface area contributed by atoms with Crippen molar-refractivity contribution in [3.63, 3.8) is 0 Å². The normalized spacial score (nSPS) is 11.6. The first-order valence-corrected chi connectivity index (χ1v) is 31.8. The van der Waals surface area contributed by atoms with Crippen LogP contribution in [0.25, 0.3) is 140 Å². The number of nitrogens with zero attached hydrogens (tertiary/aromatic N) is 4. The highest BCUT2D eigenvalue weighted by Gasteiger charge is 2.37. The molecule has 98 heavy (non-hydrogen) atoms. The first-order chi connectivity index (χ1) is 48.0. The van der Waals surface area contributed by atoms with Crippen molar-refractivity contribution in [3.05, 3.63) is 298 Å². The highest BCUT2D eigenvalue weighted by Crippen LogP contribution is 2.53. The minimum Gasteiger partial charge on any atom is -0.278 e. The fourth-order valence-corrected chi connectivity index (χ4v) is 14.2. The van der Waals surface area contributed by atoms with E-state index < -0.39 is 5.41 Å². The molecule has 4 heteroatoms. The maximum Gasteiger partial charge on any atom is 0.238 e.